The van der Waals surface area contributed by atoms with Gasteiger partial charge in [0.25, 0.3) is 0 Å². The van der Waals surface area contributed by atoms with Gasteiger partial charge in [-0.15, -0.1) is 0 Å². The van der Waals surface area contributed by atoms with E-state index in [2.05, 4.69) is 48.0 Å². The van der Waals surface area contributed by atoms with Crippen molar-refractivity contribution in [2.75, 3.05) is 0 Å². The molecule has 0 amide bonds. The molecule has 1 aliphatic carbocycles. The third-order valence-electron chi connectivity index (χ3n) is 2.66. The Morgan fingerprint density at radius 3 is 1.53 bits per heavy atom. The minimum absolute atomic E-state index is 0. The van der Waals surface area contributed by atoms with Crippen molar-refractivity contribution in [3.8, 4) is 0 Å². The maximum absolute atomic E-state index is 2.43. The van der Waals surface area contributed by atoms with Crippen LogP contribution >= 0.6 is 0 Å². The molecule has 0 heterocycles. The molecule has 0 aliphatic heterocycles. The molecular formula is C14H28W. The molecule has 1 heteroatoms. The van der Waals surface area contributed by atoms with Gasteiger partial charge in [0, 0.05) is 0 Å². The summed E-state index contributed by atoms with van der Waals surface area (Å²) in [6.07, 6.45) is 7.97. The average molecular weight is 380 g/mol. The summed E-state index contributed by atoms with van der Waals surface area (Å²) < 4.78 is 0. The predicted octanol–water partition coefficient (Wildman–Crippen LogP) is 5.05. The van der Waals surface area contributed by atoms with Crippen molar-refractivity contribution in [3.63, 3.8) is 0 Å². The molecule has 90 valence electrons. The predicted molar refractivity (Wildman–Crippen MR) is 66.0 cm³/mol. The van der Waals surface area contributed by atoms with Gasteiger partial charge < -0.3 is 12.3 Å². The fourth-order valence-corrected chi connectivity index (χ4v) is 1.79. The molecule has 1 fully saturated rings. The van der Waals surface area contributed by atoms with Crippen molar-refractivity contribution in [2.45, 2.75) is 67.2 Å². The molecule has 1 rings (SSSR count). The van der Waals surface area contributed by atoms with Gasteiger partial charge in [-0.05, 0) is 11.3 Å². The van der Waals surface area contributed by atoms with Crippen molar-refractivity contribution >= 4 is 0 Å². The molecule has 0 aromatic carbocycles. The van der Waals surface area contributed by atoms with E-state index in [9.17, 15) is 0 Å². The second kappa shape index (κ2) is 8.80. The Bertz CT molecular complexity index is 124. The largest absolute Gasteiger partial charge is 2.00 e. The van der Waals surface area contributed by atoms with Gasteiger partial charge >= 0.3 is 21.1 Å². The van der Waals surface area contributed by atoms with Crippen LogP contribution in [0.2, 0.25) is 0 Å². The van der Waals surface area contributed by atoms with Gasteiger partial charge in [-0.2, -0.15) is 33.6 Å². The van der Waals surface area contributed by atoms with E-state index in [-0.39, 0.29) is 21.1 Å². The summed E-state index contributed by atoms with van der Waals surface area (Å²) in [6, 6.07) is 0. The smallest absolute Gasteiger partial charge is 0.328 e. The molecule has 0 unspecified atom stereocenters. The van der Waals surface area contributed by atoms with Crippen molar-refractivity contribution in [1.29, 1.82) is 0 Å². The van der Waals surface area contributed by atoms with Crippen LogP contribution in [0.3, 0.4) is 0 Å². The van der Waals surface area contributed by atoms with E-state index in [0.717, 1.165) is 5.92 Å². The summed E-state index contributed by atoms with van der Waals surface area (Å²) in [4.78, 5) is 0. The Morgan fingerprint density at radius 2 is 1.33 bits per heavy atom. The summed E-state index contributed by atoms with van der Waals surface area (Å²) in [5.41, 5.74) is 0.550. The van der Waals surface area contributed by atoms with Crippen molar-refractivity contribution in [2.24, 2.45) is 11.3 Å². The molecule has 0 aromatic heterocycles. The average Bonchev–Trinajstić information content (AvgIpc) is 2.03. The Kier molecular flexibility index (Phi) is 10.6. The van der Waals surface area contributed by atoms with Gasteiger partial charge in [-0.1, -0.05) is 33.6 Å². The third-order valence-corrected chi connectivity index (χ3v) is 2.66. The number of hydrogen-bond acceptors (Lipinski definition) is 0. The Morgan fingerprint density at radius 1 is 1.00 bits per heavy atom. The molecule has 0 bridgehead atoms. The first-order chi connectivity index (χ1) is 6.34. The second-order valence-corrected chi connectivity index (χ2v) is 6.01. The first-order valence-electron chi connectivity index (χ1n) is 5.92. The van der Waals surface area contributed by atoms with E-state index < -0.39 is 0 Å². The summed E-state index contributed by atoms with van der Waals surface area (Å²) in [5.74, 6) is 2.39. The zero-order chi connectivity index (χ0) is 11.2. The van der Waals surface area contributed by atoms with Crippen LogP contribution in [0, 0.1) is 23.7 Å². The van der Waals surface area contributed by atoms with E-state index >= 15 is 0 Å². The summed E-state index contributed by atoms with van der Waals surface area (Å²) >= 11 is 0. The second-order valence-electron chi connectivity index (χ2n) is 6.01. The minimum Gasteiger partial charge on any atom is -0.328 e. The van der Waals surface area contributed by atoms with Crippen molar-refractivity contribution < 1.29 is 21.1 Å². The maximum Gasteiger partial charge on any atom is 2.00 e. The van der Waals surface area contributed by atoms with Gasteiger partial charge in [0.2, 0.25) is 0 Å². The molecule has 1 saturated carbocycles. The molecule has 1 aliphatic rings. The topological polar surface area (TPSA) is 0 Å². The molecule has 0 nitrogen and oxygen atoms in total. The zero-order valence-electron chi connectivity index (χ0n) is 11.4. The van der Waals surface area contributed by atoms with Gasteiger partial charge in [0.1, 0.15) is 0 Å². The van der Waals surface area contributed by atoms with Crippen LogP contribution in [0.1, 0.15) is 67.2 Å². The van der Waals surface area contributed by atoms with E-state index in [1.54, 1.807) is 0 Å². The van der Waals surface area contributed by atoms with E-state index in [1.165, 1.54) is 31.6 Å². The molecule has 15 heavy (non-hydrogen) atoms. The van der Waals surface area contributed by atoms with Crippen LogP contribution in [0.4, 0.5) is 0 Å². The quantitative estimate of drug-likeness (QED) is 0.517. The van der Waals surface area contributed by atoms with Crippen LogP contribution in [0.25, 0.3) is 0 Å². The molecule has 0 N–H and O–H groups in total. The SMILES string of the molecule is CC(C)(C)C1CC[CH-]CC1.C[C-](C)C.[W+2]. The van der Waals surface area contributed by atoms with Crippen LogP contribution in [0.15, 0.2) is 0 Å². The maximum atomic E-state index is 2.43. The number of hydrogen-bond donors (Lipinski definition) is 0. The van der Waals surface area contributed by atoms with E-state index in [4.69, 9.17) is 0 Å². The van der Waals surface area contributed by atoms with Crippen LogP contribution in [-0.2, 0) is 21.1 Å². The van der Waals surface area contributed by atoms with E-state index in [1.807, 2.05) is 0 Å². The Labute approximate surface area is 112 Å². The van der Waals surface area contributed by atoms with Gasteiger partial charge in [0.15, 0.2) is 0 Å². The summed E-state index contributed by atoms with van der Waals surface area (Å²) in [5, 5.41) is 0. The summed E-state index contributed by atoms with van der Waals surface area (Å²) in [6.45, 7) is 13.3. The minimum atomic E-state index is 0. The fourth-order valence-electron chi connectivity index (χ4n) is 1.79. The van der Waals surface area contributed by atoms with Gasteiger partial charge in [0.05, 0.1) is 0 Å². The molecule has 0 spiro atoms. The molecule has 0 saturated heterocycles. The molecule has 0 aromatic rings. The van der Waals surface area contributed by atoms with Crippen molar-refractivity contribution in [3.05, 3.63) is 12.3 Å². The first-order valence-corrected chi connectivity index (χ1v) is 5.92. The van der Waals surface area contributed by atoms with Gasteiger partial charge in [-0.3, -0.25) is 0 Å². The van der Waals surface area contributed by atoms with Crippen LogP contribution < -0.4 is 0 Å². The monoisotopic (exact) mass is 380 g/mol. The zero-order valence-corrected chi connectivity index (χ0v) is 14.3. The Hall–Kier alpha value is 0.688. The Balaban J connectivity index is 0. The fraction of sp³-hybridized carbons (Fsp3) is 0.857. The van der Waals surface area contributed by atoms with Gasteiger partial charge in [-0.25, -0.2) is 0 Å². The van der Waals surface area contributed by atoms with Crippen LogP contribution in [0.5, 0.6) is 0 Å². The normalized spacial score (nSPS) is 17.8. The number of rotatable bonds is 0. The summed E-state index contributed by atoms with van der Waals surface area (Å²) in [7, 11) is 0. The molecule has 0 radical (unpaired) electrons. The standard InChI is InChI=1S/C10H19.C4H9.W/c1-10(2,3)9-7-5-4-6-8-9;1-4(2)3;/h4,9H,5-8H2,1-3H3;1-3H3;/q2*-1;+2. The van der Waals surface area contributed by atoms with E-state index in [0.29, 0.717) is 5.41 Å². The molecule has 0 atom stereocenters. The first kappa shape index (κ1) is 18.1. The van der Waals surface area contributed by atoms with Crippen molar-refractivity contribution in [1.82, 2.24) is 0 Å². The van der Waals surface area contributed by atoms with Crippen LogP contribution in [-0.4, -0.2) is 0 Å². The molecular weight excluding hydrogens is 352 g/mol. The third kappa shape index (κ3) is 11.0.